The second kappa shape index (κ2) is 6.77. The summed E-state index contributed by atoms with van der Waals surface area (Å²) < 4.78 is 0. The average molecular weight is 337 g/mol. The van der Waals surface area contributed by atoms with E-state index in [4.69, 9.17) is 11.6 Å². The Bertz CT molecular complexity index is 674. The van der Waals surface area contributed by atoms with Crippen LogP contribution in [0.4, 0.5) is 5.00 Å². The zero-order chi connectivity index (χ0) is 15.5. The third kappa shape index (κ3) is 3.48. The van der Waals surface area contributed by atoms with Gasteiger partial charge in [-0.1, -0.05) is 41.1 Å². The highest BCUT2D eigenvalue weighted by molar-refractivity contribution is 7.13. The normalized spacial score (nSPS) is 18.7. The first-order valence-corrected chi connectivity index (χ1v) is 8.58. The van der Waals surface area contributed by atoms with Crippen LogP contribution < -0.4 is 0 Å². The van der Waals surface area contributed by atoms with Gasteiger partial charge in [-0.05, 0) is 43.0 Å². The Morgan fingerprint density at radius 3 is 2.95 bits per heavy atom. The summed E-state index contributed by atoms with van der Waals surface area (Å²) in [6.45, 7) is 1.82. The van der Waals surface area contributed by atoms with Gasteiger partial charge >= 0.3 is 5.00 Å². The number of hydrogen-bond donors (Lipinski definition) is 0. The van der Waals surface area contributed by atoms with E-state index in [1.807, 2.05) is 23.6 Å². The number of nitro groups is 1. The summed E-state index contributed by atoms with van der Waals surface area (Å²) in [5.74, 6) is 0. The fraction of sp³-hybridized carbons (Fsp3) is 0.375. The molecule has 22 heavy (non-hydrogen) atoms. The zero-order valence-corrected chi connectivity index (χ0v) is 13.6. The van der Waals surface area contributed by atoms with Crippen LogP contribution in [0.5, 0.6) is 0 Å². The van der Waals surface area contributed by atoms with Crippen molar-refractivity contribution in [2.45, 2.75) is 31.8 Å². The van der Waals surface area contributed by atoms with E-state index in [-0.39, 0.29) is 9.92 Å². The van der Waals surface area contributed by atoms with Gasteiger partial charge in [-0.3, -0.25) is 15.0 Å². The first-order valence-electron chi connectivity index (χ1n) is 7.33. The van der Waals surface area contributed by atoms with Crippen molar-refractivity contribution < 1.29 is 4.92 Å². The predicted molar refractivity (Wildman–Crippen MR) is 89.6 cm³/mol. The molecule has 2 heterocycles. The van der Waals surface area contributed by atoms with E-state index in [0.717, 1.165) is 36.5 Å². The van der Waals surface area contributed by atoms with Crippen molar-refractivity contribution >= 4 is 27.9 Å². The van der Waals surface area contributed by atoms with Gasteiger partial charge in [0.25, 0.3) is 0 Å². The number of hydrogen-bond acceptors (Lipinski definition) is 4. The molecule has 1 saturated heterocycles. The standard InChI is InChI=1S/C16H17ClN2O2S/c17-15-6-2-1-4-13(15)9-14-5-3-7-18(14)10-12-8-16(19(20)21)22-11-12/h1-2,4,6,8,11,14H,3,5,7,9-10H2. The molecule has 1 aliphatic heterocycles. The third-order valence-electron chi connectivity index (χ3n) is 4.12. The highest BCUT2D eigenvalue weighted by atomic mass is 35.5. The summed E-state index contributed by atoms with van der Waals surface area (Å²) in [6, 6.07) is 10.1. The van der Waals surface area contributed by atoms with Gasteiger partial charge in [0.2, 0.25) is 0 Å². The molecule has 116 valence electrons. The highest BCUT2D eigenvalue weighted by Crippen LogP contribution is 2.29. The van der Waals surface area contributed by atoms with Crippen LogP contribution in [-0.2, 0) is 13.0 Å². The topological polar surface area (TPSA) is 46.4 Å². The Morgan fingerprint density at radius 2 is 2.23 bits per heavy atom. The Morgan fingerprint density at radius 1 is 1.41 bits per heavy atom. The van der Waals surface area contributed by atoms with Gasteiger partial charge in [-0.15, -0.1) is 0 Å². The van der Waals surface area contributed by atoms with Crippen LogP contribution in [0.3, 0.4) is 0 Å². The van der Waals surface area contributed by atoms with E-state index in [0.29, 0.717) is 6.04 Å². The smallest absolute Gasteiger partial charge is 0.296 e. The summed E-state index contributed by atoms with van der Waals surface area (Å²) in [4.78, 5) is 12.9. The van der Waals surface area contributed by atoms with Crippen molar-refractivity contribution in [2.24, 2.45) is 0 Å². The van der Waals surface area contributed by atoms with Crippen molar-refractivity contribution in [3.05, 3.63) is 62.0 Å². The average Bonchev–Trinajstić information content (AvgIpc) is 3.12. The molecule has 2 aromatic rings. The molecule has 0 N–H and O–H groups in total. The molecule has 1 aliphatic rings. The summed E-state index contributed by atoms with van der Waals surface area (Å²) in [7, 11) is 0. The van der Waals surface area contributed by atoms with E-state index in [2.05, 4.69) is 11.0 Å². The molecule has 0 amide bonds. The minimum absolute atomic E-state index is 0.219. The molecule has 0 saturated carbocycles. The number of likely N-dealkylation sites (tertiary alicyclic amines) is 1. The molecule has 1 unspecified atom stereocenters. The van der Waals surface area contributed by atoms with Crippen LogP contribution >= 0.6 is 22.9 Å². The van der Waals surface area contributed by atoms with Crippen molar-refractivity contribution in [1.82, 2.24) is 4.90 Å². The van der Waals surface area contributed by atoms with Crippen LogP contribution in [0.25, 0.3) is 0 Å². The number of nitrogens with zero attached hydrogens (tertiary/aromatic N) is 2. The lowest BCUT2D eigenvalue weighted by molar-refractivity contribution is -0.380. The van der Waals surface area contributed by atoms with Gasteiger partial charge in [-0.25, -0.2) is 0 Å². The van der Waals surface area contributed by atoms with Gasteiger partial charge in [-0.2, -0.15) is 0 Å². The Balaban J connectivity index is 1.67. The largest absolute Gasteiger partial charge is 0.324 e. The van der Waals surface area contributed by atoms with E-state index >= 15 is 0 Å². The summed E-state index contributed by atoms with van der Waals surface area (Å²) in [6.07, 6.45) is 3.25. The molecule has 0 radical (unpaired) electrons. The van der Waals surface area contributed by atoms with Crippen LogP contribution in [0, 0.1) is 10.1 Å². The highest BCUT2D eigenvalue weighted by Gasteiger charge is 2.26. The van der Waals surface area contributed by atoms with Crippen molar-refractivity contribution in [3.63, 3.8) is 0 Å². The van der Waals surface area contributed by atoms with Crippen LogP contribution in [0.1, 0.15) is 24.0 Å². The van der Waals surface area contributed by atoms with Crippen molar-refractivity contribution in [2.75, 3.05) is 6.54 Å². The van der Waals surface area contributed by atoms with Crippen LogP contribution in [-0.4, -0.2) is 22.4 Å². The number of thiophene rings is 1. The Labute approximate surface area is 138 Å². The summed E-state index contributed by atoms with van der Waals surface area (Å²) in [5.41, 5.74) is 2.21. The minimum atomic E-state index is -0.320. The minimum Gasteiger partial charge on any atom is -0.296 e. The predicted octanol–water partition coefficient (Wildman–Crippen LogP) is 4.52. The SMILES string of the molecule is O=[N+]([O-])c1cc(CN2CCCC2Cc2ccccc2Cl)cs1. The third-order valence-corrected chi connectivity index (χ3v) is 5.42. The lowest BCUT2D eigenvalue weighted by Gasteiger charge is -2.24. The number of rotatable bonds is 5. The zero-order valence-electron chi connectivity index (χ0n) is 12.1. The van der Waals surface area contributed by atoms with Crippen LogP contribution in [0.2, 0.25) is 5.02 Å². The van der Waals surface area contributed by atoms with E-state index in [1.54, 1.807) is 6.07 Å². The van der Waals surface area contributed by atoms with Crippen molar-refractivity contribution in [3.8, 4) is 0 Å². The molecule has 1 fully saturated rings. The van der Waals surface area contributed by atoms with E-state index < -0.39 is 0 Å². The van der Waals surface area contributed by atoms with E-state index in [9.17, 15) is 10.1 Å². The number of halogens is 1. The second-order valence-corrected chi connectivity index (χ2v) is 6.91. The Kier molecular flexibility index (Phi) is 4.76. The molecule has 0 bridgehead atoms. The van der Waals surface area contributed by atoms with Gasteiger partial charge < -0.3 is 0 Å². The number of benzene rings is 1. The van der Waals surface area contributed by atoms with Crippen LogP contribution in [0.15, 0.2) is 35.7 Å². The monoisotopic (exact) mass is 336 g/mol. The van der Waals surface area contributed by atoms with Gasteiger partial charge in [0.05, 0.1) is 4.92 Å². The summed E-state index contributed by atoms with van der Waals surface area (Å²) in [5, 5.41) is 13.7. The molecular weight excluding hydrogens is 320 g/mol. The molecule has 6 heteroatoms. The molecular formula is C16H17ClN2O2S. The maximum atomic E-state index is 10.8. The lowest BCUT2D eigenvalue weighted by atomic mass is 10.0. The molecule has 1 aromatic carbocycles. The van der Waals surface area contributed by atoms with Crippen molar-refractivity contribution in [1.29, 1.82) is 0 Å². The fourth-order valence-electron chi connectivity index (χ4n) is 3.03. The Hall–Kier alpha value is -1.43. The molecule has 1 atom stereocenters. The maximum Gasteiger partial charge on any atom is 0.324 e. The fourth-order valence-corrected chi connectivity index (χ4v) is 3.96. The van der Waals surface area contributed by atoms with E-state index in [1.165, 1.54) is 23.3 Å². The van der Waals surface area contributed by atoms with Gasteiger partial charge in [0.1, 0.15) is 0 Å². The molecule has 1 aromatic heterocycles. The van der Waals surface area contributed by atoms with Gasteiger partial charge in [0, 0.05) is 29.1 Å². The molecule has 0 aliphatic carbocycles. The quantitative estimate of drug-likeness (QED) is 0.596. The second-order valence-electron chi connectivity index (χ2n) is 5.61. The lowest BCUT2D eigenvalue weighted by Crippen LogP contribution is -2.30. The maximum absolute atomic E-state index is 10.8. The molecule has 4 nitrogen and oxygen atoms in total. The molecule has 3 rings (SSSR count). The first kappa shape index (κ1) is 15.5. The van der Waals surface area contributed by atoms with Gasteiger partial charge in [0.15, 0.2) is 0 Å². The molecule has 0 spiro atoms. The summed E-state index contributed by atoms with van der Waals surface area (Å²) >= 11 is 7.46. The first-order chi connectivity index (χ1) is 10.6.